The van der Waals surface area contributed by atoms with Gasteiger partial charge in [0.15, 0.2) is 0 Å². The highest BCUT2D eigenvalue weighted by molar-refractivity contribution is 5.34. The third kappa shape index (κ3) is 2.27. The van der Waals surface area contributed by atoms with E-state index in [1.807, 2.05) is 19.3 Å². The van der Waals surface area contributed by atoms with E-state index < -0.39 is 0 Å². The van der Waals surface area contributed by atoms with E-state index in [4.69, 9.17) is 0 Å². The van der Waals surface area contributed by atoms with E-state index in [2.05, 4.69) is 39.6 Å². The van der Waals surface area contributed by atoms with Crippen molar-refractivity contribution >= 4 is 0 Å². The summed E-state index contributed by atoms with van der Waals surface area (Å²) in [5, 5.41) is 3.57. The third-order valence-electron chi connectivity index (χ3n) is 3.50. The lowest BCUT2D eigenvalue weighted by Crippen LogP contribution is -2.19. The Labute approximate surface area is 107 Å². The molecule has 3 heteroatoms. The smallest absolute Gasteiger partial charge is 0.0724 e. The first-order valence-electron chi connectivity index (χ1n) is 6.41. The second-order valence-corrected chi connectivity index (χ2v) is 4.82. The molecule has 0 radical (unpaired) electrons. The Kier molecular flexibility index (Phi) is 3.07. The van der Waals surface area contributed by atoms with Gasteiger partial charge in [-0.2, -0.15) is 0 Å². The normalized spacial score (nSPS) is 17.7. The highest BCUT2D eigenvalue weighted by atomic mass is 14.9. The van der Waals surface area contributed by atoms with Crippen LogP contribution < -0.4 is 5.32 Å². The van der Waals surface area contributed by atoms with Crippen LogP contribution in [0.3, 0.4) is 0 Å². The highest BCUT2D eigenvalue weighted by Gasteiger charge is 2.21. The topological polar surface area (TPSA) is 37.8 Å². The number of nitrogens with zero attached hydrogens (tertiary/aromatic N) is 2. The average molecular weight is 239 g/mol. The van der Waals surface area contributed by atoms with Crippen LogP contribution in [0.25, 0.3) is 0 Å². The standard InChI is InChI=1S/C15H17N3/c1-11-8-17-13(9-16-11)10-18-15-7-6-12-4-2-3-5-14(12)15/h2-5,8-9,15,18H,6-7,10H2,1H3. The van der Waals surface area contributed by atoms with Gasteiger partial charge in [0, 0.05) is 25.0 Å². The van der Waals surface area contributed by atoms with Crippen LogP contribution in [0.2, 0.25) is 0 Å². The number of aromatic nitrogens is 2. The number of aryl methyl sites for hydroxylation is 2. The van der Waals surface area contributed by atoms with Gasteiger partial charge in [0.05, 0.1) is 11.4 Å². The predicted octanol–water partition coefficient (Wildman–Crippen LogP) is 2.56. The van der Waals surface area contributed by atoms with Crippen LogP contribution >= 0.6 is 0 Å². The number of hydrogen-bond donors (Lipinski definition) is 1. The molecule has 1 atom stereocenters. The van der Waals surface area contributed by atoms with Gasteiger partial charge in [0.25, 0.3) is 0 Å². The van der Waals surface area contributed by atoms with Crippen LogP contribution in [0.5, 0.6) is 0 Å². The maximum Gasteiger partial charge on any atom is 0.0724 e. The number of nitrogens with one attached hydrogen (secondary N) is 1. The molecule has 0 amide bonds. The molecule has 3 nitrogen and oxygen atoms in total. The SMILES string of the molecule is Cc1cnc(CNC2CCc3ccccc32)cn1. The lowest BCUT2D eigenvalue weighted by Gasteiger charge is -2.13. The third-order valence-corrected chi connectivity index (χ3v) is 3.50. The van der Waals surface area contributed by atoms with Gasteiger partial charge in [0.2, 0.25) is 0 Å². The Morgan fingerprint density at radius 2 is 2.11 bits per heavy atom. The molecule has 0 aliphatic heterocycles. The molecule has 1 aromatic heterocycles. The lowest BCUT2D eigenvalue weighted by atomic mass is 10.1. The van der Waals surface area contributed by atoms with Crippen LogP contribution in [0.15, 0.2) is 36.7 Å². The van der Waals surface area contributed by atoms with E-state index in [-0.39, 0.29) is 0 Å². The summed E-state index contributed by atoms with van der Waals surface area (Å²) in [6.07, 6.45) is 6.02. The summed E-state index contributed by atoms with van der Waals surface area (Å²) in [5.41, 5.74) is 4.89. The van der Waals surface area contributed by atoms with Gasteiger partial charge in [-0.05, 0) is 30.9 Å². The van der Waals surface area contributed by atoms with Crippen molar-refractivity contribution in [3.63, 3.8) is 0 Å². The van der Waals surface area contributed by atoms with Gasteiger partial charge in [-0.3, -0.25) is 9.97 Å². The minimum absolute atomic E-state index is 0.462. The Morgan fingerprint density at radius 1 is 1.22 bits per heavy atom. The van der Waals surface area contributed by atoms with E-state index in [0.29, 0.717) is 6.04 Å². The van der Waals surface area contributed by atoms with Crippen molar-refractivity contribution in [1.29, 1.82) is 0 Å². The summed E-state index contributed by atoms with van der Waals surface area (Å²) in [6, 6.07) is 9.14. The fourth-order valence-electron chi connectivity index (χ4n) is 2.51. The molecular weight excluding hydrogens is 222 g/mol. The summed E-state index contributed by atoms with van der Waals surface area (Å²) in [4.78, 5) is 8.64. The monoisotopic (exact) mass is 239 g/mol. The fraction of sp³-hybridized carbons (Fsp3) is 0.333. The summed E-state index contributed by atoms with van der Waals surface area (Å²) in [6.45, 7) is 2.74. The molecule has 3 rings (SSSR count). The van der Waals surface area contributed by atoms with Crippen LogP contribution in [-0.2, 0) is 13.0 Å². The zero-order chi connectivity index (χ0) is 12.4. The maximum absolute atomic E-state index is 4.37. The first-order chi connectivity index (χ1) is 8.83. The molecule has 18 heavy (non-hydrogen) atoms. The molecule has 1 aromatic carbocycles. The molecule has 1 unspecified atom stereocenters. The molecular formula is C15H17N3. The van der Waals surface area contributed by atoms with Crippen molar-refractivity contribution in [2.45, 2.75) is 32.4 Å². The lowest BCUT2D eigenvalue weighted by molar-refractivity contribution is 0.524. The first-order valence-corrected chi connectivity index (χ1v) is 6.41. The van der Waals surface area contributed by atoms with E-state index in [9.17, 15) is 0 Å². The average Bonchev–Trinajstić information content (AvgIpc) is 2.82. The van der Waals surface area contributed by atoms with E-state index in [0.717, 1.165) is 17.9 Å². The molecule has 1 heterocycles. The number of hydrogen-bond acceptors (Lipinski definition) is 3. The molecule has 0 saturated carbocycles. The molecule has 1 aliphatic rings. The Hall–Kier alpha value is -1.74. The van der Waals surface area contributed by atoms with Crippen LogP contribution in [0, 0.1) is 6.92 Å². The molecule has 1 N–H and O–H groups in total. The molecule has 0 spiro atoms. The number of fused-ring (bicyclic) bond motifs is 1. The second kappa shape index (κ2) is 4.86. The van der Waals surface area contributed by atoms with E-state index in [1.165, 1.54) is 24.0 Å². The van der Waals surface area contributed by atoms with Crippen LogP contribution in [0.1, 0.15) is 35.0 Å². The Morgan fingerprint density at radius 3 is 2.94 bits per heavy atom. The molecule has 0 saturated heterocycles. The van der Waals surface area contributed by atoms with Crippen molar-refractivity contribution in [2.75, 3.05) is 0 Å². The van der Waals surface area contributed by atoms with Crippen molar-refractivity contribution in [3.05, 3.63) is 59.2 Å². The number of benzene rings is 1. The zero-order valence-electron chi connectivity index (χ0n) is 10.6. The quantitative estimate of drug-likeness (QED) is 0.894. The summed E-state index contributed by atoms with van der Waals surface area (Å²) in [5.74, 6) is 0. The molecule has 0 bridgehead atoms. The summed E-state index contributed by atoms with van der Waals surface area (Å²) in [7, 11) is 0. The van der Waals surface area contributed by atoms with Gasteiger partial charge in [-0.1, -0.05) is 24.3 Å². The minimum atomic E-state index is 0.462. The highest BCUT2D eigenvalue weighted by Crippen LogP contribution is 2.30. The van der Waals surface area contributed by atoms with E-state index in [1.54, 1.807) is 0 Å². The minimum Gasteiger partial charge on any atom is -0.304 e. The van der Waals surface area contributed by atoms with Gasteiger partial charge in [-0.25, -0.2) is 0 Å². The van der Waals surface area contributed by atoms with Crippen LogP contribution in [-0.4, -0.2) is 9.97 Å². The van der Waals surface area contributed by atoms with Crippen molar-refractivity contribution in [1.82, 2.24) is 15.3 Å². The Bertz CT molecular complexity index is 534. The number of rotatable bonds is 3. The fourth-order valence-corrected chi connectivity index (χ4v) is 2.51. The predicted molar refractivity (Wildman–Crippen MR) is 71.1 cm³/mol. The van der Waals surface area contributed by atoms with Crippen LogP contribution in [0.4, 0.5) is 0 Å². The molecule has 0 fully saturated rings. The van der Waals surface area contributed by atoms with Gasteiger partial charge >= 0.3 is 0 Å². The first kappa shape index (κ1) is 11.4. The van der Waals surface area contributed by atoms with Crippen molar-refractivity contribution in [2.24, 2.45) is 0 Å². The van der Waals surface area contributed by atoms with Crippen molar-refractivity contribution < 1.29 is 0 Å². The zero-order valence-corrected chi connectivity index (χ0v) is 10.6. The van der Waals surface area contributed by atoms with Crippen molar-refractivity contribution in [3.8, 4) is 0 Å². The molecule has 92 valence electrons. The van der Waals surface area contributed by atoms with E-state index >= 15 is 0 Å². The largest absolute Gasteiger partial charge is 0.304 e. The second-order valence-electron chi connectivity index (χ2n) is 4.82. The molecule has 2 aromatic rings. The van der Waals surface area contributed by atoms with Gasteiger partial charge < -0.3 is 5.32 Å². The summed E-state index contributed by atoms with van der Waals surface area (Å²) >= 11 is 0. The van der Waals surface area contributed by atoms with Gasteiger partial charge in [0.1, 0.15) is 0 Å². The summed E-state index contributed by atoms with van der Waals surface area (Å²) < 4.78 is 0. The van der Waals surface area contributed by atoms with Gasteiger partial charge in [-0.15, -0.1) is 0 Å². The maximum atomic E-state index is 4.37. The Balaban J connectivity index is 1.67. The molecule has 1 aliphatic carbocycles.